The average molecular weight is 339 g/mol. The highest BCUT2D eigenvalue weighted by Crippen LogP contribution is 2.33. The zero-order chi connectivity index (χ0) is 18.4. The second kappa shape index (κ2) is 8.82. The number of benzene rings is 2. The maximum absolute atomic E-state index is 11.3. The summed E-state index contributed by atoms with van der Waals surface area (Å²) in [6, 6.07) is 15.6. The Morgan fingerprint density at radius 2 is 1.68 bits per heavy atom. The summed E-state index contributed by atoms with van der Waals surface area (Å²) >= 11 is 0. The lowest BCUT2D eigenvalue weighted by Gasteiger charge is -2.38. The molecule has 0 saturated carbocycles. The Morgan fingerprint density at radius 3 is 2.24 bits per heavy atom. The number of phenols is 1. The van der Waals surface area contributed by atoms with E-state index in [-0.39, 0.29) is 11.8 Å². The molecule has 0 aliphatic rings. The van der Waals surface area contributed by atoms with Crippen LogP contribution >= 0.6 is 0 Å². The molecule has 0 saturated heterocycles. The average Bonchev–Trinajstić information content (AvgIpc) is 2.60. The van der Waals surface area contributed by atoms with Crippen LogP contribution in [0.15, 0.2) is 48.5 Å². The summed E-state index contributed by atoms with van der Waals surface area (Å²) in [5.74, 6) is 0.783. The van der Waals surface area contributed by atoms with Crippen LogP contribution in [-0.2, 0) is 0 Å². The van der Waals surface area contributed by atoms with Gasteiger partial charge in [-0.05, 0) is 48.6 Å². The van der Waals surface area contributed by atoms with Crippen LogP contribution in [0.4, 0.5) is 0 Å². The first kappa shape index (κ1) is 19.2. The van der Waals surface area contributed by atoms with Crippen LogP contribution in [0.1, 0.15) is 61.6 Å². The first-order valence-electron chi connectivity index (χ1n) is 9.06. The maximum Gasteiger partial charge on any atom is 0.150 e. The Hall–Kier alpha value is -2.13. The van der Waals surface area contributed by atoms with E-state index in [1.807, 2.05) is 36.4 Å². The highest BCUT2D eigenvalue weighted by Gasteiger charge is 2.27. The summed E-state index contributed by atoms with van der Waals surface area (Å²) in [4.78, 5) is 13.7. The fraction of sp³-hybridized carbons (Fsp3) is 0.409. The van der Waals surface area contributed by atoms with Gasteiger partial charge in [-0.3, -0.25) is 9.69 Å². The molecule has 25 heavy (non-hydrogen) atoms. The van der Waals surface area contributed by atoms with Gasteiger partial charge in [0.1, 0.15) is 12.0 Å². The van der Waals surface area contributed by atoms with Crippen LogP contribution in [0.5, 0.6) is 5.75 Å². The van der Waals surface area contributed by atoms with Gasteiger partial charge in [-0.15, -0.1) is 0 Å². The molecule has 0 spiro atoms. The Balaban J connectivity index is 2.58. The zero-order valence-corrected chi connectivity index (χ0v) is 15.6. The van der Waals surface area contributed by atoms with Crippen LogP contribution in [0.2, 0.25) is 0 Å². The van der Waals surface area contributed by atoms with Crippen LogP contribution in [0.3, 0.4) is 0 Å². The molecule has 0 heterocycles. The predicted molar refractivity (Wildman–Crippen MR) is 103 cm³/mol. The van der Waals surface area contributed by atoms with Gasteiger partial charge in [-0.25, -0.2) is 0 Å². The summed E-state index contributed by atoms with van der Waals surface area (Å²) in [7, 11) is 0. The van der Waals surface area contributed by atoms with E-state index in [1.54, 1.807) is 6.07 Å². The van der Waals surface area contributed by atoms with E-state index in [2.05, 4.69) is 38.7 Å². The van der Waals surface area contributed by atoms with Gasteiger partial charge < -0.3 is 5.11 Å². The minimum atomic E-state index is 0.00403. The van der Waals surface area contributed by atoms with Gasteiger partial charge in [0.15, 0.2) is 0 Å². The molecule has 0 aliphatic heterocycles. The SMILES string of the molecule is CCC(C)N(CC(C)C)C(c1cccc(O)c1)c1cccc(C=O)c1. The van der Waals surface area contributed by atoms with E-state index < -0.39 is 0 Å². The monoisotopic (exact) mass is 339 g/mol. The number of phenolic OH excluding ortho intramolecular Hbond substituents is 1. The van der Waals surface area contributed by atoms with E-state index >= 15 is 0 Å². The second-order valence-electron chi connectivity index (χ2n) is 7.13. The van der Waals surface area contributed by atoms with Crippen molar-refractivity contribution in [2.24, 2.45) is 5.92 Å². The molecule has 0 radical (unpaired) electrons. The fourth-order valence-electron chi connectivity index (χ4n) is 3.27. The van der Waals surface area contributed by atoms with Crippen molar-refractivity contribution in [1.82, 2.24) is 4.90 Å². The van der Waals surface area contributed by atoms with E-state index in [9.17, 15) is 9.90 Å². The van der Waals surface area contributed by atoms with Crippen molar-refractivity contribution in [3.05, 3.63) is 65.2 Å². The van der Waals surface area contributed by atoms with Crippen molar-refractivity contribution >= 4 is 6.29 Å². The Bertz CT molecular complexity index is 696. The molecule has 0 aromatic heterocycles. The van der Waals surface area contributed by atoms with E-state index in [1.165, 1.54) is 0 Å². The molecule has 2 aromatic rings. The summed E-state index contributed by atoms with van der Waals surface area (Å²) in [6.45, 7) is 9.81. The lowest BCUT2D eigenvalue weighted by Crippen LogP contribution is -2.39. The number of rotatable bonds is 8. The van der Waals surface area contributed by atoms with Crippen LogP contribution in [0.25, 0.3) is 0 Å². The van der Waals surface area contributed by atoms with Crippen molar-refractivity contribution in [1.29, 1.82) is 0 Å². The first-order valence-corrected chi connectivity index (χ1v) is 9.06. The molecule has 0 aliphatic carbocycles. The minimum absolute atomic E-state index is 0.00403. The van der Waals surface area contributed by atoms with Crippen LogP contribution in [0, 0.1) is 5.92 Å². The van der Waals surface area contributed by atoms with Crippen molar-refractivity contribution in [3.63, 3.8) is 0 Å². The largest absolute Gasteiger partial charge is 0.508 e. The third-order valence-electron chi connectivity index (χ3n) is 4.61. The van der Waals surface area contributed by atoms with Crippen LogP contribution in [-0.4, -0.2) is 28.9 Å². The second-order valence-corrected chi connectivity index (χ2v) is 7.13. The van der Waals surface area contributed by atoms with Crippen molar-refractivity contribution in [2.75, 3.05) is 6.54 Å². The van der Waals surface area contributed by atoms with Gasteiger partial charge in [-0.2, -0.15) is 0 Å². The molecular weight excluding hydrogens is 310 g/mol. The standard InChI is InChI=1S/C22H29NO2/c1-5-17(4)23(14-16(2)3)22(20-10-7-11-21(25)13-20)19-9-6-8-18(12-19)15-24/h6-13,15-17,22,25H,5,14H2,1-4H3. The number of carbonyl (C=O) groups excluding carboxylic acids is 1. The topological polar surface area (TPSA) is 40.5 Å². The molecule has 3 heteroatoms. The minimum Gasteiger partial charge on any atom is -0.508 e. The first-order chi connectivity index (χ1) is 12.0. The van der Waals surface area contributed by atoms with Crippen molar-refractivity contribution in [2.45, 2.75) is 46.2 Å². The number of hydrogen-bond donors (Lipinski definition) is 1. The molecule has 2 rings (SSSR count). The third-order valence-corrected chi connectivity index (χ3v) is 4.61. The summed E-state index contributed by atoms with van der Waals surface area (Å²) in [6.07, 6.45) is 1.93. The van der Waals surface area contributed by atoms with Gasteiger partial charge in [0.05, 0.1) is 6.04 Å². The molecule has 2 aromatic carbocycles. The molecule has 2 unspecified atom stereocenters. The number of nitrogens with zero attached hydrogens (tertiary/aromatic N) is 1. The molecular formula is C22H29NO2. The summed E-state index contributed by atoms with van der Waals surface area (Å²) in [5, 5.41) is 9.99. The highest BCUT2D eigenvalue weighted by atomic mass is 16.3. The lowest BCUT2D eigenvalue weighted by molar-refractivity contribution is 0.112. The van der Waals surface area contributed by atoms with Crippen molar-refractivity contribution < 1.29 is 9.90 Å². The number of carbonyl (C=O) groups is 1. The lowest BCUT2D eigenvalue weighted by atomic mass is 9.93. The molecule has 1 N–H and O–H groups in total. The van der Waals surface area contributed by atoms with E-state index in [0.29, 0.717) is 17.5 Å². The molecule has 3 nitrogen and oxygen atoms in total. The predicted octanol–water partition coefficient (Wildman–Crippen LogP) is 5.05. The van der Waals surface area contributed by atoms with Gasteiger partial charge >= 0.3 is 0 Å². The normalized spacial score (nSPS) is 13.8. The molecule has 0 fully saturated rings. The summed E-state index contributed by atoms with van der Waals surface area (Å²) < 4.78 is 0. The van der Waals surface area contributed by atoms with Gasteiger partial charge in [0, 0.05) is 18.2 Å². The van der Waals surface area contributed by atoms with E-state index in [4.69, 9.17) is 0 Å². The highest BCUT2D eigenvalue weighted by molar-refractivity contribution is 5.75. The maximum atomic E-state index is 11.3. The van der Waals surface area contributed by atoms with Crippen LogP contribution < -0.4 is 0 Å². The smallest absolute Gasteiger partial charge is 0.150 e. The molecule has 2 atom stereocenters. The number of aromatic hydroxyl groups is 1. The van der Waals surface area contributed by atoms with Gasteiger partial charge in [-0.1, -0.05) is 51.1 Å². The van der Waals surface area contributed by atoms with Gasteiger partial charge in [0.2, 0.25) is 0 Å². The zero-order valence-electron chi connectivity index (χ0n) is 15.6. The molecule has 0 amide bonds. The fourth-order valence-corrected chi connectivity index (χ4v) is 3.27. The Morgan fingerprint density at radius 1 is 1.04 bits per heavy atom. The Kier molecular flexibility index (Phi) is 6.77. The third kappa shape index (κ3) is 4.93. The summed E-state index contributed by atoms with van der Waals surface area (Å²) in [5.41, 5.74) is 2.80. The quantitative estimate of drug-likeness (QED) is 0.684. The van der Waals surface area contributed by atoms with Crippen molar-refractivity contribution in [3.8, 4) is 5.75 Å². The number of aldehydes is 1. The molecule has 0 bridgehead atoms. The van der Waals surface area contributed by atoms with E-state index in [0.717, 1.165) is 30.4 Å². The van der Waals surface area contributed by atoms with Gasteiger partial charge in [0.25, 0.3) is 0 Å². The molecule has 134 valence electrons. The Labute approximate surface area is 151 Å². The number of hydrogen-bond acceptors (Lipinski definition) is 3.